The van der Waals surface area contributed by atoms with E-state index in [9.17, 15) is 18.3 Å². The smallest absolute Gasteiger partial charge is 0.321 e. The van der Waals surface area contributed by atoms with Crippen LogP contribution in [0.25, 0.3) is 0 Å². The van der Waals surface area contributed by atoms with Gasteiger partial charge < -0.3 is 14.6 Å². The normalized spacial score (nSPS) is 15.4. The molecule has 1 aliphatic heterocycles. The van der Waals surface area contributed by atoms with E-state index in [1.54, 1.807) is 0 Å². The first-order valence-corrected chi connectivity index (χ1v) is 8.92. The number of fused-ring (bicyclic) bond motifs is 1. The van der Waals surface area contributed by atoms with Gasteiger partial charge in [0.1, 0.15) is 19.3 Å². The van der Waals surface area contributed by atoms with Crippen LogP contribution >= 0.6 is 0 Å². The van der Waals surface area contributed by atoms with Crippen LogP contribution in [0.2, 0.25) is 0 Å². The number of carboxylic acid groups (broad SMARTS) is 1. The molecule has 2 rings (SSSR count). The third-order valence-electron chi connectivity index (χ3n) is 3.45. The van der Waals surface area contributed by atoms with E-state index in [0.717, 1.165) is 0 Å². The van der Waals surface area contributed by atoms with Crippen LogP contribution in [0, 0.1) is 5.92 Å². The average molecular weight is 343 g/mol. The molecule has 1 aromatic carbocycles. The van der Waals surface area contributed by atoms with Gasteiger partial charge in [0, 0.05) is 6.07 Å². The number of aliphatic carboxylic acids is 1. The fourth-order valence-corrected chi connectivity index (χ4v) is 3.42. The molecule has 1 heterocycles. The minimum atomic E-state index is -3.95. The van der Waals surface area contributed by atoms with Crippen molar-refractivity contribution >= 4 is 16.0 Å². The van der Waals surface area contributed by atoms with Gasteiger partial charge in [-0.25, -0.2) is 8.42 Å². The minimum Gasteiger partial charge on any atom is -0.486 e. The van der Waals surface area contributed by atoms with Crippen LogP contribution in [0.3, 0.4) is 0 Å². The van der Waals surface area contributed by atoms with Crippen LogP contribution < -0.4 is 14.2 Å². The molecule has 0 bridgehead atoms. The first kappa shape index (κ1) is 17.6. The predicted molar refractivity (Wildman–Crippen MR) is 83.2 cm³/mol. The van der Waals surface area contributed by atoms with Gasteiger partial charge in [-0.2, -0.15) is 4.72 Å². The van der Waals surface area contributed by atoms with Gasteiger partial charge in [-0.1, -0.05) is 13.8 Å². The van der Waals surface area contributed by atoms with Crippen molar-refractivity contribution in [3.8, 4) is 11.5 Å². The maximum absolute atomic E-state index is 12.4. The van der Waals surface area contributed by atoms with E-state index in [2.05, 4.69) is 4.72 Å². The van der Waals surface area contributed by atoms with Crippen LogP contribution in [-0.2, 0) is 14.8 Å². The number of carboxylic acids is 1. The summed E-state index contributed by atoms with van der Waals surface area (Å²) < 4.78 is 37.8. The molecule has 0 radical (unpaired) electrons. The van der Waals surface area contributed by atoms with Gasteiger partial charge in [0.2, 0.25) is 10.0 Å². The summed E-state index contributed by atoms with van der Waals surface area (Å²) >= 11 is 0. The average Bonchev–Trinajstić information content (AvgIpc) is 2.50. The Hall–Kier alpha value is -1.80. The third kappa shape index (κ3) is 4.59. The highest BCUT2D eigenvalue weighted by molar-refractivity contribution is 7.89. The largest absolute Gasteiger partial charge is 0.486 e. The standard InChI is InChI=1S/C15H21NO6S/c1-10(2)3-5-12(15(17)18)16-23(19,20)11-4-6-13-14(9-11)22-8-7-21-13/h4,6,9-10,12,16H,3,5,7-8H2,1-2H3,(H,17,18). The topological polar surface area (TPSA) is 102 Å². The second kappa shape index (κ2) is 7.18. The molecular weight excluding hydrogens is 322 g/mol. The number of hydrogen-bond donors (Lipinski definition) is 2. The van der Waals surface area contributed by atoms with E-state index in [0.29, 0.717) is 31.1 Å². The van der Waals surface area contributed by atoms with Crippen LogP contribution in [0.5, 0.6) is 11.5 Å². The van der Waals surface area contributed by atoms with Crippen molar-refractivity contribution in [2.24, 2.45) is 5.92 Å². The zero-order chi connectivity index (χ0) is 17.0. The molecule has 1 atom stereocenters. The molecule has 0 saturated carbocycles. The molecule has 0 aromatic heterocycles. The molecule has 0 amide bonds. The fraction of sp³-hybridized carbons (Fsp3) is 0.533. The van der Waals surface area contributed by atoms with Gasteiger partial charge in [-0.3, -0.25) is 4.79 Å². The Morgan fingerprint density at radius 3 is 2.48 bits per heavy atom. The quantitative estimate of drug-likeness (QED) is 0.780. The molecule has 8 heteroatoms. The van der Waals surface area contributed by atoms with Crippen molar-refractivity contribution in [3.63, 3.8) is 0 Å². The molecule has 128 valence electrons. The monoisotopic (exact) mass is 343 g/mol. The molecule has 2 N–H and O–H groups in total. The lowest BCUT2D eigenvalue weighted by Crippen LogP contribution is -2.40. The molecule has 0 fully saturated rings. The number of nitrogens with one attached hydrogen (secondary N) is 1. The fourth-order valence-electron chi connectivity index (χ4n) is 2.18. The van der Waals surface area contributed by atoms with E-state index in [-0.39, 0.29) is 17.2 Å². The summed E-state index contributed by atoms with van der Waals surface area (Å²) in [4.78, 5) is 11.2. The Labute approximate surface area is 135 Å². The summed E-state index contributed by atoms with van der Waals surface area (Å²) in [6.07, 6.45) is 0.845. The summed E-state index contributed by atoms with van der Waals surface area (Å²) in [5, 5.41) is 9.22. The summed E-state index contributed by atoms with van der Waals surface area (Å²) in [5.74, 6) is -0.0830. The Morgan fingerprint density at radius 2 is 1.87 bits per heavy atom. The Bertz CT molecular complexity index is 671. The first-order chi connectivity index (χ1) is 10.8. The highest BCUT2D eigenvalue weighted by atomic mass is 32.2. The summed E-state index contributed by atoms with van der Waals surface area (Å²) in [5.41, 5.74) is 0. The molecule has 0 spiro atoms. The van der Waals surface area contributed by atoms with E-state index in [1.807, 2.05) is 13.8 Å². The molecule has 7 nitrogen and oxygen atoms in total. The molecule has 1 aliphatic rings. The Kier molecular flexibility index (Phi) is 5.48. The van der Waals surface area contributed by atoms with Crippen LogP contribution in [0.1, 0.15) is 26.7 Å². The number of carbonyl (C=O) groups is 1. The summed E-state index contributed by atoms with van der Waals surface area (Å²) in [6.45, 7) is 4.66. The molecule has 0 aliphatic carbocycles. The molecule has 0 saturated heterocycles. The van der Waals surface area contributed by atoms with Crippen molar-refractivity contribution in [3.05, 3.63) is 18.2 Å². The zero-order valence-electron chi connectivity index (χ0n) is 13.1. The Morgan fingerprint density at radius 1 is 1.22 bits per heavy atom. The van der Waals surface area contributed by atoms with E-state index >= 15 is 0 Å². The highest BCUT2D eigenvalue weighted by Crippen LogP contribution is 2.32. The van der Waals surface area contributed by atoms with Gasteiger partial charge >= 0.3 is 5.97 Å². The summed E-state index contributed by atoms with van der Waals surface area (Å²) in [7, 11) is -3.95. The minimum absolute atomic E-state index is 0.0439. The zero-order valence-corrected chi connectivity index (χ0v) is 13.9. The predicted octanol–water partition coefficient (Wildman–Crippen LogP) is 1.63. The van der Waals surface area contributed by atoms with Crippen LogP contribution in [-0.4, -0.2) is 38.7 Å². The van der Waals surface area contributed by atoms with Gasteiger partial charge in [0.15, 0.2) is 11.5 Å². The van der Waals surface area contributed by atoms with Crippen molar-refractivity contribution < 1.29 is 27.8 Å². The number of rotatable bonds is 7. The van der Waals surface area contributed by atoms with Crippen molar-refractivity contribution in [2.45, 2.75) is 37.6 Å². The van der Waals surface area contributed by atoms with E-state index in [1.165, 1.54) is 18.2 Å². The third-order valence-corrected chi connectivity index (χ3v) is 4.92. The van der Waals surface area contributed by atoms with E-state index < -0.39 is 22.0 Å². The maximum atomic E-state index is 12.4. The molecule has 1 unspecified atom stereocenters. The van der Waals surface area contributed by atoms with Crippen LogP contribution in [0.4, 0.5) is 0 Å². The molecule has 1 aromatic rings. The van der Waals surface area contributed by atoms with Crippen molar-refractivity contribution in [1.82, 2.24) is 4.72 Å². The van der Waals surface area contributed by atoms with Crippen molar-refractivity contribution in [1.29, 1.82) is 0 Å². The summed E-state index contributed by atoms with van der Waals surface area (Å²) in [6, 6.07) is 3.07. The van der Waals surface area contributed by atoms with Crippen LogP contribution in [0.15, 0.2) is 23.1 Å². The van der Waals surface area contributed by atoms with Gasteiger partial charge in [-0.05, 0) is 30.9 Å². The van der Waals surface area contributed by atoms with E-state index in [4.69, 9.17) is 9.47 Å². The lowest BCUT2D eigenvalue weighted by Gasteiger charge is -2.20. The number of benzene rings is 1. The number of hydrogen-bond acceptors (Lipinski definition) is 5. The highest BCUT2D eigenvalue weighted by Gasteiger charge is 2.26. The van der Waals surface area contributed by atoms with Crippen molar-refractivity contribution in [2.75, 3.05) is 13.2 Å². The lowest BCUT2D eigenvalue weighted by molar-refractivity contribution is -0.139. The van der Waals surface area contributed by atoms with Gasteiger partial charge in [0.05, 0.1) is 4.90 Å². The maximum Gasteiger partial charge on any atom is 0.321 e. The molecular formula is C15H21NO6S. The van der Waals surface area contributed by atoms with Gasteiger partial charge in [-0.15, -0.1) is 0 Å². The number of sulfonamides is 1. The second-order valence-corrected chi connectivity index (χ2v) is 7.50. The van der Waals surface area contributed by atoms with Gasteiger partial charge in [0.25, 0.3) is 0 Å². The SMILES string of the molecule is CC(C)CCC(NS(=O)(=O)c1ccc2c(c1)OCCO2)C(=O)O. The first-order valence-electron chi connectivity index (χ1n) is 7.44. The Balaban J connectivity index is 2.18. The lowest BCUT2D eigenvalue weighted by atomic mass is 10.0. The molecule has 23 heavy (non-hydrogen) atoms. The number of ether oxygens (including phenoxy) is 2. The second-order valence-electron chi connectivity index (χ2n) is 5.79.